The minimum Gasteiger partial charge on any atom is -0.335 e. The zero-order valence-corrected chi connectivity index (χ0v) is 17.2. The summed E-state index contributed by atoms with van der Waals surface area (Å²) in [5, 5.41) is 4.58. The fraction of sp³-hybridized carbons (Fsp3) is 0.579. The van der Waals surface area contributed by atoms with Crippen molar-refractivity contribution in [1.29, 1.82) is 0 Å². The zero-order chi connectivity index (χ0) is 21.3. The lowest BCUT2D eigenvalue weighted by Crippen LogP contribution is -2.42. The lowest BCUT2D eigenvalue weighted by atomic mass is 9.98. The largest absolute Gasteiger partial charge is 0.393 e. The maximum atomic E-state index is 13.2. The molecular weight excluding hydrogens is 417 g/mol. The summed E-state index contributed by atoms with van der Waals surface area (Å²) in [5.41, 5.74) is 0. The van der Waals surface area contributed by atoms with E-state index in [1.54, 1.807) is 37.4 Å². The molecule has 4 rings (SSSR count). The van der Waals surface area contributed by atoms with Crippen molar-refractivity contribution in [2.75, 3.05) is 19.6 Å². The van der Waals surface area contributed by atoms with Gasteiger partial charge in [0, 0.05) is 25.7 Å². The molecular formula is C19H23F3N6OS. The molecule has 0 aliphatic carbocycles. The van der Waals surface area contributed by atoms with Crippen molar-refractivity contribution in [3.8, 4) is 5.82 Å². The van der Waals surface area contributed by atoms with Crippen LogP contribution < -0.4 is 0 Å². The van der Waals surface area contributed by atoms with Crippen LogP contribution in [0.15, 0.2) is 24.4 Å². The van der Waals surface area contributed by atoms with Crippen molar-refractivity contribution >= 4 is 18.1 Å². The Labute approximate surface area is 177 Å². The first-order valence-electron chi connectivity index (χ1n) is 10.00. The molecule has 7 nitrogen and oxygen atoms in total. The molecule has 30 heavy (non-hydrogen) atoms. The number of hydrogen-bond acceptors (Lipinski definition) is 5. The van der Waals surface area contributed by atoms with Crippen LogP contribution in [0.25, 0.3) is 5.82 Å². The number of hydrogen-bond donors (Lipinski definition) is 0. The average molecular weight is 440 g/mol. The molecule has 2 aromatic heterocycles. The van der Waals surface area contributed by atoms with Gasteiger partial charge >= 0.3 is 6.18 Å². The highest BCUT2D eigenvalue weighted by Crippen LogP contribution is 2.33. The van der Waals surface area contributed by atoms with Gasteiger partial charge in [-0.25, -0.2) is 9.67 Å². The lowest BCUT2D eigenvalue weighted by Gasteiger charge is -2.33. The SMILES string of the molecule is O=C1CCCN1Cc1nn(CN2CCCC(C(F)(F)F)C2)c(=S)n1-c1ccccn1. The Bertz CT molecular complexity index is 957. The van der Waals surface area contributed by atoms with Crippen molar-refractivity contribution in [3.63, 3.8) is 0 Å². The molecule has 1 unspecified atom stereocenters. The van der Waals surface area contributed by atoms with E-state index in [1.165, 1.54) is 0 Å². The molecule has 0 saturated carbocycles. The first-order valence-corrected chi connectivity index (χ1v) is 10.4. The van der Waals surface area contributed by atoms with E-state index in [1.807, 2.05) is 6.07 Å². The molecule has 0 N–H and O–H groups in total. The van der Waals surface area contributed by atoms with Crippen molar-refractivity contribution < 1.29 is 18.0 Å². The number of halogens is 3. The third-order valence-electron chi connectivity index (χ3n) is 5.59. The van der Waals surface area contributed by atoms with Crippen molar-refractivity contribution in [1.82, 2.24) is 29.1 Å². The molecule has 0 bridgehead atoms. The second-order valence-corrected chi connectivity index (χ2v) is 8.10. The van der Waals surface area contributed by atoms with E-state index in [2.05, 4.69) is 10.1 Å². The van der Waals surface area contributed by atoms with Gasteiger partial charge in [-0.2, -0.15) is 18.3 Å². The minimum atomic E-state index is -4.20. The Balaban J connectivity index is 1.62. The van der Waals surface area contributed by atoms with Crippen LogP contribution in [0.5, 0.6) is 0 Å². The number of aromatic nitrogens is 4. The number of likely N-dealkylation sites (tertiary alicyclic amines) is 2. The van der Waals surface area contributed by atoms with Gasteiger partial charge in [0.25, 0.3) is 0 Å². The summed E-state index contributed by atoms with van der Waals surface area (Å²) in [4.78, 5) is 19.9. The van der Waals surface area contributed by atoms with Crippen LogP contribution in [-0.4, -0.2) is 60.8 Å². The second kappa shape index (κ2) is 8.46. The van der Waals surface area contributed by atoms with Crippen LogP contribution in [0.1, 0.15) is 31.5 Å². The molecule has 1 atom stereocenters. The summed E-state index contributed by atoms with van der Waals surface area (Å²) in [6.45, 7) is 1.61. The van der Waals surface area contributed by atoms with Gasteiger partial charge in [0.15, 0.2) is 5.82 Å². The lowest BCUT2D eigenvalue weighted by molar-refractivity contribution is -0.188. The van der Waals surface area contributed by atoms with Crippen molar-refractivity contribution in [2.24, 2.45) is 5.92 Å². The molecule has 4 heterocycles. The van der Waals surface area contributed by atoms with Crippen LogP contribution >= 0.6 is 12.2 Å². The first-order chi connectivity index (χ1) is 14.3. The van der Waals surface area contributed by atoms with E-state index < -0.39 is 12.1 Å². The molecule has 0 radical (unpaired) electrons. The first kappa shape index (κ1) is 21.0. The summed E-state index contributed by atoms with van der Waals surface area (Å²) in [5.74, 6) is -0.146. The Morgan fingerprint density at radius 1 is 1.20 bits per heavy atom. The Hall–Kier alpha value is -2.27. The second-order valence-electron chi connectivity index (χ2n) is 7.74. The third kappa shape index (κ3) is 4.41. The summed E-state index contributed by atoms with van der Waals surface area (Å²) in [6, 6.07) is 5.40. The number of nitrogens with zero attached hydrogens (tertiary/aromatic N) is 6. The predicted molar refractivity (Wildman–Crippen MR) is 105 cm³/mol. The van der Waals surface area contributed by atoms with Gasteiger partial charge in [-0.1, -0.05) is 6.07 Å². The average Bonchev–Trinajstić information content (AvgIpc) is 3.25. The number of rotatable bonds is 5. The van der Waals surface area contributed by atoms with Gasteiger partial charge in [-0.3, -0.25) is 14.3 Å². The highest BCUT2D eigenvalue weighted by atomic mass is 32.1. The third-order valence-corrected chi connectivity index (χ3v) is 5.98. The zero-order valence-electron chi connectivity index (χ0n) is 16.4. The van der Waals surface area contributed by atoms with Gasteiger partial charge < -0.3 is 4.90 Å². The maximum Gasteiger partial charge on any atom is 0.393 e. The fourth-order valence-electron chi connectivity index (χ4n) is 4.05. The van der Waals surface area contributed by atoms with Gasteiger partial charge in [0.2, 0.25) is 10.7 Å². The van der Waals surface area contributed by atoms with Crippen LogP contribution in [0, 0.1) is 10.7 Å². The summed E-state index contributed by atoms with van der Waals surface area (Å²) in [7, 11) is 0. The fourth-order valence-corrected chi connectivity index (χ4v) is 4.34. The van der Waals surface area contributed by atoms with E-state index in [-0.39, 0.29) is 32.1 Å². The summed E-state index contributed by atoms with van der Waals surface area (Å²) < 4.78 is 43.1. The Morgan fingerprint density at radius 3 is 2.70 bits per heavy atom. The smallest absolute Gasteiger partial charge is 0.335 e. The van der Waals surface area contributed by atoms with E-state index >= 15 is 0 Å². The molecule has 0 spiro atoms. The van der Waals surface area contributed by atoms with E-state index in [0.29, 0.717) is 42.3 Å². The number of carbonyl (C=O) groups excluding carboxylic acids is 1. The molecule has 2 fully saturated rings. The quantitative estimate of drug-likeness (QED) is 0.669. The summed E-state index contributed by atoms with van der Waals surface area (Å²) >= 11 is 5.61. The molecule has 2 aliphatic heterocycles. The molecule has 2 aliphatic rings. The highest BCUT2D eigenvalue weighted by Gasteiger charge is 2.41. The van der Waals surface area contributed by atoms with Crippen LogP contribution in [0.3, 0.4) is 0 Å². The molecule has 11 heteroatoms. The molecule has 1 amide bonds. The van der Waals surface area contributed by atoms with Gasteiger partial charge in [-0.15, -0.1) is 0 Å². The maximum absolute atomic E-state index is 13.2. The number of carbonyl (C=O) groups is 1. The van der Waals surface area contributed by atoms with Gasteiger partial charge in [0.1, 0.15) is 5.82 Å². The van der Waals surface area contributed by atoms with Crippen LogP contribution in [-0.2, 0) is 18.0 Å². The van der Waals surface area contributed by atoms with E-state index in [9.17, 15) is 18.0 Å². The standard InChI is InChI=1S/C19H23F3N6OS/c20-19(21,22)14-5-3-9-25(11-14)13-27-18(30)28(15-6-1-2-8-23-15)16(24-27)12-26-10-4-7-17(26)29/h1-2,6,8,14H,3-5,7,9-13H2. The van der Waals surface area contributed by atoms with Gasteiger partial charge in [0.05, 0.1) is 19.1 Å². The number of pyridine rings is 1. The predicted octanol–water partition coefficient (Wildman–Crippen LogP) is 3.15. The van der Waals surface area contributed by atoms with Gasteiger partial charge in [-0.05, 0) is 50.2 Å². The highest BCUT2D eigenvalue weighted by molar-refractivity contribution is 7.71. The van der Waals surface area contributed by atoms with Crippen LogP contribution in [0.4, 0.5) is 13.2 Å². The monoisotopic (exact) mass is 440 g/mol. The molecule has 2 saturated heterocycles. The molecule has 2 aromatic rings. The van der Waals surface area contributed by atoms with Crippen molar-refractivity contribution in [2.45, 2.75) is 45.1 Å². The van der Waals surface area contributed by atoms with Crippen LogP contribution in [0.2, 0.25) is 0 Å². The summed E-state index contributed by atoms with van der Waals surface area (Å²) in [6.07, 6.45) is -0.621. The van der Waals surface area contributed by atoms with E-state index in [0.717, 1.165) is 6.42 Å². The van der Waals surface area contributed by atoms with E-state index in [4.69, 9.17) is 12.2 Å². The topological polar surface area (TPSA) is 59.2 Å². The minimum absolute atomic E-state index is 0.0621. The Morgan fingerprint density at radius 2 is 2.03 bits per heavy atom. The normalized spacial score (nSPS) is 20.8. The molecule has 0 aromatic carbocycles. The Kier molecular flexibility index (Phi) is 5.92. The molecule has 162 valence electrons. The van der Waals surface area contributed by atoms with Crippen molar-refractivity contribution in [3.05, 3.63) is 35.0 Å². The number of piperidine rings is 1. The number of amides is 1. The number of alkyl halides is 3.